The van der Waals surface area contributed by atoms with E-state index in [0.717, 1.165) is 36.4 Å². The minimum Gasteiger partial charge on any atom is -0.327 e. The van der Waals surface area contributed by atoms with Crippen molar-refractivity contribution in [3.05, 3.63) is 29.8 Å². The third-order valence-corrected chi connectivity index (χ3v) is 4.13. The largest absolute Gasteiger partial charge is 0.327 e. The lowest BCUT2D eigenvalue weighted by molar-refractivity contribution is 0.322. The maximum Gasteiger partial charge on any atom is 0.125 e. The SMILES string of the molecule is Fc1ccc2c(c1)nc(CCCl)n2CCN1CCCC1. The van der Waals surface area contributed by atoms with Crippen LogP contribution in [0, 0.1) is 5.82 Å². The van der Waals surface area contributed by atoms with Gasteiger partial charge in [0.15, 0.2) is 0 Å². The number of benzene rings is 1. The Balaban J connectivity index is 1.87. The number of rotatable bonds is 5. The zero-order valence-corrected chi connectivity index (χ0v) is 12.2. The lowest BCUT2D eigenvalue weighted by Gasteiger charge is -2.16. The van der Waals surface area contributed by atoms with Crippen molar-refractivity contribution >= 4 is 22.6 Å². The molecule has 1 fully saturated rings. The molecule has 1 aliphatic rings. The molecule has 0 amide bonds. The van der Waals surface area contributed by atoms with E-state index in [2.05, 4.69) is 14.5 Å². The van der Waals surface area contributed by atoms with E-state index in [1.807, 2.05) is 6.07 Å². The zero-order valence-electron chi connectivity index (χ0n) is 11.5. The number of alkyl halides is 1. The molecular weight excluding hydrogens is 277 g/mol. The summed E-state index contributed by atoms with van der Waals surface area (Å²) < 4.78 is 15.5. The summed E-state index contributed by atoms with van der Waals surface area (Å²) in [6.45, 7) is 4.30. The number of likely N-dealkylation sites (tertiary alicyclic amines) is 1. The van der Waals surface area contributed by atoms with Crippen molar-refractivity contribution in [3.63, 3.8) is 0 Å². The monoisotopic (exact) mass is 295 g/mol. The Bertz CT molecular complexity index is 590. The number of imidazole rings is 1. The van der Waals surface area contributed by atoms with E-state index < -0.39 is 0 Å². The van der Waals surface area contributed by atoms with Gasteiger partial charge in [-0.25, -0.2) is 9.37 Å². The van der Waals surface area contributed by atoms with Crippen LogP contribution in [0.25, 0.3) is 11.0 Å². The molecule has 0 spiro atoms. The molecule has 0 radical (unpaired) electrons. The number of nitrogens with zero attached hydrogens (tertiary/aromatic N) is 3. The number of halogens is 2. The van der Waals surface area contributed by atoms with Gasteiger partial charge < -0.3 is 9.47 Å². The predicted octanol–water partition coefficient (Wildman–Crippen LogP) is 3.05. The fraction of sp³-hybridized carbons (Fsp3) is 0.533. The first-order valence-corrected chi connectivity index (χ1v) is 7.74. The lowest BCUT2D eigenvalue weighted by Crippen LogP contribution is -2.24. The number of hydrogen-bond donors (Lipinski definition) is 0. The fourth-order valence-corrected chi connectivity index (χ4v) is 3.09. The van der Waals surface area contributed by atoms with Crippen molar-refractivity contribution in [2.45, 2.75) is 25.8 Å². The summed E-state index contributed by atoms with van der Waals surface area (Å²) in [5.74, 6) is 1.26. The van der Waals surface area contributed by atoms with Crippen LogP contribution in [0.2, 0.25) is 0 Å². The standard InChI is InChI=1S/C15H19ClFN3/c16-6-5-15-18-13-11-12(17)3-4-14(13)20(15)10-9-19-7-1-2-8-19/h3-4,11H,1-2,5-10H2. The molecule has 1 aromatic carbocycles. The minimum atomic E-state index is -0.237. The van der Waals surface area contributed by atoms with Crippen LogP contribution >= 0.6 is 11.6 Å². The van der Waals surface area contributed by atoms with Crippen LogP contribution in [0.4, 0.5) is 4.39 Å². The van der Waals surface area contributed by atoms with Crippen LogP contribution in [0.3, 0.4) is 0 Å². The second-order valence-electron chi connectivity index (χ2n) is 5.30. The Kier molecular flexibility index (Phi) is 4.22. The molecule has 0 saturated carbocycles. The van der Waals surface area contributed by atoms with Gasteiger partial charge >= 0.3 is 0 Å². The molecule has 1 saturated heterocycles. The molecule has 2 aromatic rings. The average molecular weight is 296 g/mol. The van der Waals surface area contributed by atoms with Crippen molar-refractivity contribution in [1.82, 2.24) is 14.5 Å². The molecule has 0 aliphatic carbocycles. The Morgan fingerprint density at radius 1 is 1.20 bits per heavy atom. The van der Waals surface area contributed by atoms with Gasteiger partial charge in [0.25, 0.3) is 0 Å². The number of aryl methyl sites for hydroxylation is 1. The molecule has 3 rings (SSSR count). The van der Waals surface area contributed by atoms with Crippen molar-refractivity contribution in [3.8, 4) is 0 Å². The summed E-state index contributed by atoms with van der Waals surface area (Å²) >= 11 is 5.86. The molecule has 1 aromatic heterocycles. The van der Waals surface area contributed by atoms with Gasteiger partial charge in [-0.05, 0) is 38.1 Å². The van der Waals surface area contributed by atoms with Crippen molar-refractivity contribution < 1.29 is 4.39 Å². The first-order chi connectivity index (χ1) is 9.78. The quantitative estimate of drug-likeness (QED) is 0.791. The van der Waals surface area contributed by atoms with E-state index in [1.54, 1.807) is 0 Å². The first-order valence-electron chi connectivity index (χ1n) is 7.21. The van der Waals surface area contributed by atoms with Gasteiger partial charge in [-0.3, -0.25) is 0 Å². The molecule has 20 heavy (non-hydrogen) atoms. The van der Waals surface area contributed by atoms with Gasteiger partial charge in [0, 0.05) is 31.5 Å². The molecule has 0 unspecified atom stereocenters. The third kappa shape index (κ3) is 2.81. The van der Waals surface area contributed by atoms with Gasteiger partial charge in [-0.1, -0.05) is 0 Å². The number of hydrogen-bond acceptors (Lipinski definition) is 2. The summed E-state index contributed by atoms with van der Waals surface area (Å²) in [5, 5.41) is 0. The molecule has 3 nitrogen and oxygen atoms in total. The highest BCUT2D eigenvalue weighted by molar-refractivity contribution is 6.17. The molecule has 108 valence electrons. The summed E-state index contributed by atoms with van der Waals surface area (Å²) in [7, 11) is 0. The minimum absolute atomic E-state index is 0.237. The van der Waals surface area contributed by atoms with Crippen molar-refractivity contribution in [1.29, 1.82) is 0 Å². The predicted molar refractivity (Wildman–Crippen MR) is 79.8 cm³/mol. The highest BCUT2D eigenvalue weighted by atomic mass is 35.5. The van der Waals surface area contributed by atoms with E-state index in [4.69, 9.17) is 11.6 Å². The Morgan fingerprint density at radius 2 is 2.00 bits per heavy atom. The van der Waals surface area contributed by atoms with Crippen LogP contribution in [0.1, 0.15) is 18.7 Å². The number of fused-ring (bicyclic) bond motifs is 1. The van der Waals surface area contributed by atoms with E-state index in [9.17, 15) is 4.39 Å². The van der Waals surface area contributed by atoms with Crippen molar-refractivity contribution in [2.75, 3.05) is 25.5 Å². The van der Waals surface area contributed by atoms with Gasteiger partial charge in [0.05, 0.1) is 11.0 Å². The van der Waals surface area contributed by atoms with E-state index in [-0.39, 0.29) is 5.82 Å². The summed E-state index contributed by atoms with van der Waals surface area (Å²) in [6, 6.07) is 4.82. The molecule has 0 bridgehead atoms. The van der Waals surface area contributed by atoms with E-state index in [1.165, 1.54) is 38.1 Å². The Morgan fingerprint density at radius 3 is 2.75 bits per heavy atom. The zero-order chi connectivity index (χ0) is 13.9. The Labute approximate surface area is 123 Å². The topological polar surface area (TPSA) is 21.1 Å². The maximum atomic E-state index is 13.3. The Hall–Kier alpha value is -1.13. The molecule has 5 heteroatoms. The van der Waals surface area contributed by atoms with Gasteiger partial charge in [0.2, 0.25) is 0 Å². The summed E-state index contributed by atoms with van der Waals surface area (Å²) in [5.41, 5.74) is 1.73. The smallest absolute Gasteiger partial charge is 0.125 e. The van der Waals surface area contributed by atoms with Crippen LogP contribution in [0.15, 0.2) is 18.2 Å². The molecular formula is C15H19ClFN3. The van der Waals surface area contributed by atoms with Gasteiger partial charge in [0.1, 0.15) is 11.6 Å². The van der Waals surface area contributed by atoms with Crippen LogP contribution in [-0.4, -0.2) is 40.0 Å². The summed E-state index contributed by atoms with van der Waals surface area (Å²) in [6.07, 6.45) is 3.31. The van der Waals surface area contributed by atoms with Crippen LogP contribution < -0.4 is 0 Å². The normalized spacial score (nSPS) is 16.3. The second kappa shape index (κ2) is 6.10. The highest BCUT2D eigenvalue weighted by Gasteiger charge is 2.14. The third-order valence-electron chi connectivity index (χ3n) is 3.95. The first kappa shape index (κ1) is 13.8. The van der Waals surface area contributed by atoms with Gasteiger partial charge in [-0.15, -0.1) is 11.6 Å². The molecule has 0 atom stereocenters. The molecule has 1 aliphatic heterocycles. The highest BCUT2D eigenvalue weighted by Crippen LogP contribution is 2.19. The summed E-state index contributed by atoms with van der Waals surface area (Å²) in [4.78, 5) is 7.00. The van der Waals surface area contributed by atoms with E-state index >= 15 is 0 Å². The maximum absolute atomic E-state index is 13.3. The second-order valence-corrected chi connectivity index (χ2v) is 5.68. The van der Waals surface area contributed by atoms with Crippen molar-refractivity contribution in [2.24, 2.45) is 0 Å². The fourth-order valence-electron chi connectivity index (χ4n) is 2.93. The number of aromatic nitrogens is 2. The lowest BCUT2D eigenvalue weighted by atomic mass is 10.3. The molecule has 2 heterocycles. The average Bonchev–Trinajstić information content (AvgIpc) is 3.04. The van der Waals surface area contributed by atoms with Crippen LogP contribution in [0.5, 0.6) is 0 Å². The van der Waals surface area contributed by atoms with E-state index in [0.29, 0.717) is 5.88 Å². The molecule has 0 N–H and O–H groups in total. The van der Waals surface area contributed by atoms with Gasteiger partial charge in [-0.2, -0.15) is 0 Å². The van der Waals surface area contributed by atoms with Crippen LogP contribution in [-0.2, 0) is 13.0 Å².